The lowest BCUT2D eigenvalue weighted by Gasteiger charge is -2.32. The number of nitrogens with zero attached hydrogens (tertiary/aromatic N) is 1. The first-order valence-corrected chi connectivity index (χ1v) is 5.67. The molecular formula is C13H15NO4. The highest BCUT2D eigenvalue weighted by Gasteiger charge is 2.34. The Bertz CT molecular complexity index is 353. The molecule has 1 fully saturated rings. The maximum atomic E-state index is 11.7. The van der Waals surface area contributed by atoms with Gasteiger partial charge in [-0.25, -0.2) is 9.59 Å². The third-order valence-electron chi connectivity index (χ3n) is 2.59. The van der Waals surface area contributed by atoms with Gasteiger partial charge >= 0.3 is 12.1 Å². The Morgan fingerprint density at radius 1 is 1.17 bits per heavy atom. The number of hydrogen-bond acceptors (Lipinski definition) is 4. The largest absolute Gasteiger partial charge is 0.451 e. The molecule has 5 heteroatoms. The maximum Gasteiger partial charge on any atom is 0.411 e. The van der Waals surface area contributed by atoms with Crippen LogP contribution in [0.2, 0.25) is 0 Å². The van der Waals surface area contributed by atoms with Crippen molar-refractivity contribution >= 4 is 12.1 Å². The summed E-state index contributed by atoms with van der Waals surface area (Å²) in [6.45, 7) is 0.253. The van der Waals surface area contributed by atoms with Crippen LogP contribution in [0.5, 0.6) is 0 Å². The molecular weight excluding hydrogens is 234 g/mol. The summed E-state index contributed by atoms with van der Waals surface area (Å²) in [4.78, 5) is 24.8. The Morgan fingerprint density at radius 2 is 1.83 bits per heavy atom. The fourth-order valence-corrected chi connectivity index (χ4v) is 1.79. The Kier molecular flexibility index (Phi) is 5.60. The van der Waals surface area contributed by atoms with Crippen LogP contribution in [0.1, 0.15) is 19.3 Å². The zero-order valence-electron chi connectivity index (χ0n) is 10.1. The second-order valence-corrected chi connectivity index (χ2v) is 3.78. The minimum atomic E-state index is -0.627. The van der Waals surface area contributed by atoms with Gasteiger partial charge in [0.25, 0.3) is 0 Å². The van der Waals surface area contributed by atoms with Crippen molar-refractivity contribution in [3.63, 3.8) is 0 Å². The standard InChI is InChI=1S/C13H15NO4/c1-3-9-17-12(15)11-7-5-6-8-14(11)13(16)18-10-4-2/h1-2,11H,5-10H2. The molecule has 0 aromatic rings. The van der Waals surface area contributed by atoms with Crippen molar-refractivity contribution in [2.45, 2.75) is 25.3 Å². The number of esters is 1. The van der Waals surface area contributed by atoms with Crippen LogP contribution in [0.4, 0.5) is 4.79 Å². The van der Waals surface area contributed by atoms with Crippen LogP contribution < -0.4 is 0 Å². The maximum absolute atomic E-state index is 11.7. The molecule has 1 unspecified atom stereocenters. The summed E-state index contributed by atoms with van der Waals surface area (Å²) in [5, 5.41) is 0. The van der Waals surface area contributed by atoms with Crippen LogP contribution in [-0.2, 0) is 14.3 Å². The number of ether oxygens (including phenoxy) is 2. The SMILES string of the molecule is C#CCOC(=O)C1CCCCN1C(=O)OCC#C. The average molecular weight is 249 g/mol. The number of likely N-dealkylation sites (tertiary alicyclic amines) is 1. The van der Waals surface area contributed by atoms with E-state index in [0.717, 1.165) is 12.8 Å². The van der Waals surface area contributed by atoms with Crippen LogP contribution in [0.25, 0.3) is 0 Å². The first-order valence-electron chi connectivity index (χ1n) is 5.67. The lowest BCUT2D eigenvalue weighted by molar-refractivity contribution is -0.149. The van der Waals surface area contributed by atoms with E-state index in [-0.39, 0.29) is 13.2 Å². The third kappa shape index (κ3) is 3.71. The topological polar surface area (TPSA) is 55.8 Å². The highest BCUT2D eigenvalue weighted by molar-refractivity contribution is 5.81. The third-order valence-corrected chi connectivity index (χ3v) is 2.59. The molecule has 0 aromatic heterocycles. The average Bonchev–Trinajstić information content (AvgIpc) is 2.42. The van der Waals surface area contributed by atoms with E-state index >= 15 is 0 Å². The Labute approximate surface area is 106 Å². The summed E-state index contributed by atoms with van der Waals surface area (Å²) >= 11 is 0. The van der Waals surface area contributed by atoms with Crippen molar-refractivity contribution < 1.29 is 19.1 Å². The van der Waals surface area contributed by atoms with Gasteiger partial charge in [-0.05, 0) is 19.3 Å². The van der Waals surface area contributed by atoms with Crippen molar-refractivity contribution in [2.75, 3.05) is 19.8 Å². The number of terminal acetylenes is 2. The van der Waals surface area contributed by atoms with E-state index in [9.17, 15) is 9.59 Å². The highest BCUT2D eigenvalue weighted by atomic mass is 16.6. The first kappa shape index (κ1) is 13.9. The number of amides is 1. The van der Waals surface area contributed by atoms with E-state index < -0.39 is 18.1 Å². The molecule has 5 nitrogen and oxygen atoms in total. The second-order valence-electron chi connectivity index (χ2n) is 3.78. The van der Waals surface area contributed by atoms with Gasteiger partial charge in [-0.3, -0.25) is 4.90 Å². The minimum absolute atomic E-state index is 0.0947. The molecule has 1 aliphatic heterocycles. The van der Waals surface area contributed by atoms with E-state index in [1.807, 2.05) is 0 Å². The van der Waals surface area contributed by atoms with Crippen molar-refractivity contribution in [3.8, 4) is 24.7 Å². The van der Waals surface area contributed by atoms with Gasteiger partial charge in [0, 0.05) is 6.54 Å². The molecule has 0 spiro atoms. The fraction of sp³-hybridized carbons (Fsp3) is 0.538. The lowest BCUT2D eigenvalue weighted by Crippen LogP contribution is -2.48. The molecule has 1 rings (SSSR count). The molecule has 1 saturated heterocycles. The summed E-state index contributed by atoms with van der Waals surface area (Å²) in [5.41, 5.74) is 0. The van der Waals surface area contributed by atoms with Gasteiger partial charge < -0.3 is 9.47 Å². The smallest absolute Gasteiger partial charge is 0.411 e. The minimum Gasteiger partial charge on any atom is -0.451 e. The van der Waals surface area contributed by atoms with Crippen LogP contribution in [0, 0.1) is 24.7 Å². The number of hydrogen-bond donors (Lipinski definition) is 0. The molecule has 0 saturated carbocycles. The van der Waals surface area contributed by atoms with E-state index in [1.165, 1.54) is 4.90 Å². The second kappa shape index (κ2) is 7.24. The summed E-state index contributed by atoms with van der Waals surface area (Å²) < 4.78 is 9.67. The summed E-state index contributed by atoms with van der Waals surface area (Å²) in [7, 11) is 0. The van der Waals surface area contributed by atoms with Crippen LogP contribution >= 0.6 is 0 Å². The first-order chi connectivity index (χ1) is 8.70. The van der Waals surface area contributed by atoms with Gasteiger partial charge in [-0.2, -0.15) is 0 Å². The molecule has 0 radical (unpaired) electrons. The Morgan fingerprint density at radius 3 is 2.50 bits per heavy atom. The number of carbonyl (C=O) groups excluding carboxylic acids is 2. The van der Waals surface area contributed by atoms with Gasteiger partial charge in [0.1, 0.15) is 6.04 Å². The normalized spacial score (nSPS) is 18.3. The highest BCUT2D eigenvalue weighted by Crippen LogP contribution is 2.19. The number of piperidine rings is 1. The van der Waals surface area contributed by atoms with Gasteiger partial charge in [0.15, 0.2) is 13.2 Å². The zero-order valence-corrected chi connectivity index (χ0v) is 10.1. The zero-order chi connectivity index (χ0) is 13.4. The van der Waals surface area contributed by atoms with Gasteiger partial charge in [0.2, 0.25) is 0 Å². The molecule has 0 aliphatic carbocycles. The van der Waals surface area contributed by atoms with Gasteiger partial charge in [-0.1, -0.05) is 11.8 Å². The van der Waals surface area contributed by atoms with E-state index in [1.54, 1.807) is 0 Å². The fourth-order valence-electron chi connectivity index (χ4n) is 1.79. The van der Waals surface area contributed by atoms with Crippen molar-refractivity contribution in [3.05, 3.63) is 0 Å². The quantitative estimate of drug-likeness (QED) is 0.548. The summed E-state index contributed by atoms with van der Waals surface area (Å²) in [6.07, 6.45) is 11.7. The molecule has 1 amide bonds. The molecule has 1 atom stereocenters. The van der Waals surface area contributed by atoms with Gasteiger partial charge in [0.05, 0.1) is 0 Å². The van der Waals surface area contributed by atoms with Crippen LogP contribution in [0.3, 0.4) is 0 Å². The van der Waals surface area contributed by atoms with Crippen LogP contribution in [0.15, 0.2) is 0 Å². The monoisotopic (exact) mass is 249 g/mol. The van der Waals surface area contributed by atoms with Crippen molar-refractivity contribution in [2.24, 2.45) is 0 Å². The predicted octanol–water partition coefficient (Wildman–Crippen LogP) is 0.787. The number of carbonyl (C=O) groups is 2. The lowest BCUT2D eigenvalue weighted by atomic mass is 10.0. The molecule has 0 N–H and O–H groups in total. The number of rotatable bonds is 3. The Hall–Kier alpha value is -2.14. The molecule has 96 valence electrons. The van der Waals surface area contributed by atoms with E-state index in [0.29, 0.717) is 13.0 Å². The summed E-state index contributed by atoms with van der Waals surface area (Å²) in [6, 6.07) is -0.627. The van der Waals surface area contributed by atoms with Gasteiger partial charge in [-0.15, -0.1) is 12.8 Å². The van der Waals surface area contributed by atoms with E-state index in [2.05, 4.69) is 11.8 Å². The molecule has 18 heavy (non-hydrogen) atoms. The van der Waals surface area contributed by atoms with Crippen LogP contribution in [-0.4, -0.2) is 42.8 Å². The molecule has 1 aliphatic rings. The van der Waals surface area contributed by atoms with E-state index in [4.69, 9.17) is 22.3 Å². The molecule has 0 aromatic carbocycles. The molecule has 0 bridgehead atoms. The van der Waals surface area contributed by atoms with Crippen molar-refractivity contribution in [1.82, 2.24) is 4.90 Å². The Balaban J connectivity index is 2.62. The van der Waals surface area contributed by atoms with Crippen molar-refractivity contribution in [1.29, 1.82) is 0 Å². The summed E-state index contributed by atoms with van der Waals surface area (Å²) in [5.74, 6) is 3.92. The predicted molar refractivity (Wildman–Crippen MR) is 64.3 cm³/mol. The molecule has 1 heterocycles.